The van der Waals surface area contributed by atoms with Gasteiger partial charge in [0.2, 0.25) is 0 Å². The van der Waals surface area contributed by atoms with Crippen molar-refractivity contribution < 1.29 is 0 Å². The second kappa shape index (κ2) is 4.07. The normalized spacial score (nSPS) is 21.8. The molecular weight excluding hydrogens is 136 g/mol. The molecule has 1 aliphatic rings. The average molecular weight is 156 g/mol. The smallest absolute Gasteiger partial charge is 0.0236 e. The van der Waals surface area contributed by atoms with Gasteiger partial charge in [-0.1, -0.05) is 33.1 Å². The molecule has 0 aromatic heterocycles. The summed E-state index contributed by atoms with van der Waals surface area (Å²) in [4.78, 5) is 0. The summed E-state index contributed by atoms with van der Waals surface area (Å²) in [5.41, 5.74) is 2.90. The van der Waals surface area contributed by atoms with E-state index in [0.29, 0.717) is 12.0 Å². The lowest BCUT2D eigenvalue weighted by molar-refractivity contribution is 0.234. The van der Waals surface area contributed by atoms with Crippen LogP contribution >= 0.6 is 0 Å². The van der Waals surface area contributed by atoms with Gasteiger partial charge in [-0.05, 0) is 18.3 Å². The Morgan fingerprint density at radius 3 is 2.36 bits per heavy atom. The molecule has 11 heavy (non-hydrogen) atoms. The first-order chi connectivity index (χ1) is 5.24. The monoisotopic (exact) mass is 156 g/mol. The maximum absolute atomic E-state index is 5.45. The highest BCUT2D eigenvalue weighted by atomic mass is 15.2. The molecule has 0 aromatic carbocycles. The molecule has 0 aromatic rings. The molecule has 0 radical (unpaired) electrons. The molecule has 0 saturated heterocycles. The van der Waals surface area contributed by atoms with E-state index in [1.54, 1.807) is 0 Å². The van der Waals surface area contributed by atoms with Gasteiger partial charge < -0.3 is 0 Å². The quantitative estimate of drug-likeness (QED) is 0.480. The summed E-state index contributed by atoms with van der Waals surface area (Å²) >= 11 is 0. The van der Waals surface area contributed by atoms with Gasteiger partial charge in [-0.2, -0.15) is 0 Å². The van der Waals surface area contributed by atoms with E-state index in [1.165, 1.54) is 25.7 Å². The third-order valence-electron chi connectivity index (χ3n) is 2.83. The fourth-order valence-electron chi connectivity index (χ4n) is 1.62. The molecule has 66 valence electrons. The molecule has 2 nitrogen and oxygen atoms in total. The van der Waals surface area contributed by atoms with Crippen molar-refractivity contribution in [3.63, 3.8) is 0 Å². The molecule has 1 saturated carbocycles. The summed E-state index contributed by atoms with van der Waals surface area (Å²) in [6, 6.07) is 0.528. The summed E-state index contributed by atoms with van der Waals surface area (Å²) in [6.07, 6.45) is 5.55. The van der Waals surface area contributed by atoms with Gasteiger partial charge in [-0.25, -0.2) is 0 Å². The van der Waals surface area contributed by atoms with Crippen molar-refractivity contribution in [1.29, 1.82) is 0 Å². The molecule has 1 rings (SSSR count). The molecule has 0 amide bonds. The van der Waals surface area contributed by atoms with Gasteiger partial charge >= 0.3 is 0 Å². The molecule has 1 atom stereocenters. The maximum atomic E-state index is 5.45. The standard InChI is InChI=1S/C9H20N2/c1-7(2)9(11-10)6-8-4-3-5-8/h7-9,11H,3-6,10H2,1-2H3. The van der Waals surface area contributed by atoms with Gasteiger partial charge in [-0.3, -0.25) is 11.3 Å². The number of hydrogen-bond acceptors (Lipinski definition) is 2. The maximum Gasteiger partial charge on any atom is 0.0236 e. The van der Waals surface area contributed by atoms with Crippen molar-refractivity contribution in [3.8, 4) is 0 Å². The Balaban J connectivity index is 2.19. The number of hydrazine groups is 1. The summed E-state index contributed by atoms with van der Waals surface area (Å²) in [7, 11) is 0. The zero-order valence-corrected chi connectivity index (χ0v) is 7.64. The zero-order chi connectivity index (χ0) is 8.27. The number of nitrogens with two attached hydrogens (primary N) is 1. The van der Waals surface area contributed by atoms with Gasteiger partial charge in [0, 0.05) is 6.04 Å². The number of rotatable bonds is 4. The van der Waals surface area contributed by atoms with Gasteiger partial charge in [0.15, 0.2) is 0 Å². The van der Waals surface area contributed by atoms with Crippen molar-refractivity contribution in [1.82, 2.24) is 5.43 Å². The van der Waals surface area contributed by atoms with E-state index < -0.39 is 0 Å². The molecule has 0 spiro atoms. The van der Waals surface area contributed by atoms with E-state index in [2.05, 4.69) is 19.3 Å². The number of hydrogen-bond donors (Lipinski definition) is 2. The van der Waals surface area contributed by atoms with Crippen LogP contribution in [0, 0.1) is 11.8 Å². The summed E-state index contributed by atoms with van der Waals surface area (Å²) < 4.78 is 0. The Kier molecular flexibility index (Phi) is 3.34. The summed E-state index contributed by atoms with van der Waals surface area (Å²) in [5.74, 6) is 7.07. The van der Waals surface area contributed by atoms with E-state index >= 15 is 0 Å². The lowest BCUT2D eigenvalue weighted by Gasteiger charge is -2.31. The third kappa shape index (κ3) is 2.46. The van der Waals surface area contributed by atoms with Crippen LogP contribution in [0.5, 0.6) is 0 Å². The highest BCUT2D eigenvalue weighted by Crippen LogP contribution is 2.31. The van der Waals surface area contributed by atoms with E-state index in [1.807, 2.05) is 0 Å². The minimum atomic E-state index is 0.528. The van der Waals surface area contributed by atoms with Crippen molar-refractivity contribution in [2.24, 2.45) is 17.7 Å². The Labute approximate surface area is 69.5 Å². The first-order valence-corrected chi connectivity index (χ1v) is 4.70. The summed E-state index contributed by atoms with van der Waals surface area (Å²) in [6.45, 7) is 4.45. The molecule has 0 aliphatic heterocycles. The topological polar surface area (TPSA) is 38.0 Å². The fourth-order valence-corrected chi connectivity index (χ4v) is 1.62. The van der Waals surface area contributed by atoms with Crippen molar-refractivity contribution in [2.75, 3.05) is 0 Å². The Bertz CT molecular complexity index is 108. The van der Waals surface area contributed by atoms with E-state index in [9.17, 15) is 0 Å². The highest BCUT2D eigenvalue weighted by Gasteiger charge is 2.22. The molecule has 2 heteroatoms. The third-order valence-corrected chi connectivity index (χ3v) is 2.83. The first kappa shape index (κ1) is 9.01. The van der Waals surface area contributed by atoms with Crippen LogP contribution in [0.1, 0.15) is 39.5 Å². The fraction of sp³-hybridized carbons (Fsp3) is 1.00. The lowest BCUT2D eigenvalue weighted by Crippen LogP contribution is -2.41. The SMILES string of the molecule is CC(C)C(CC1CCC1)NN. The van der Waals surface area contributed by atoms with E-state index in [4.69, 9.17) is 5.84 Å². The van der Waals surface area contributed by atoms with E-state index in [-0.39, 0.29) is 0 Å². The Morgan fingerprint density at radius 2 is 2.09 bits per heavy atom. The minimum absolute atomic E-state index is 0.528. The predicted octanol–water partition coefficient (Wildman–Crippen LogP) is 1.66. The van der Waals surface area contributed by atoms with E-state index in [0.717, 1.165) is 5.92 Å². The van der Waals surface area contributed by atoms with Crippen LogP contribution in [-0.2, 0) is 0 Å². The van der Waals surface area contributed by atoms with Crippen LogP contribution in [0.4, 0.5) is 0 Å². The second-order valence-electron chi connectivity index (χ2n) is 4.05. The van der Waals surface area contributed by atoms with Crippen LogP contribution in [-0.4, -0.2) is 6.04 Å². The van der Waals surface area contributed by atoms with Gasteiger partial charge in [-0.15, -0.1) is 0 Å². The van der Waals surface area contributed by atoms with Crippen molar-refractivity contribution in [2.45, 2.75) is 45.6 Å². The van der Waals surface area contributed by atoms with Gasteiger partial charge in [0.1, 0.15) is 0 Å². The molecule has 0 bridgehead atoms. The highest BCUT2D eigenvalue weighted by molar-refractivity contribution is 4.77. The van der Waals surface area contributed by atoms with Gasteiger partial charge in [0.05, 0.1) is 0 Å². The van der Waals surface area contributed by atoms with Crippen molar-refractivity contribution in [3.05, 3.63) is 0 Å². The first-order valence-electron chi connectivity index (χ1n) is 4.70. The molecule has 1 aliphatic carbocycles. The van der Waals surface area contributed by atoms with Gasteiger partial charge in [0.25, 0.3) is 0 Å². The Morgan fingerprint density at radius 1 is 1.45 bits per heavy atom. The summed E-state index contributed by atoms with van der Waals surface area (Å²) in [5, 5.41) is 0. The van der Waals surface area contributed by atoms with Crippen LogP contribution in [0.15, 0.2) is 0 Å². The zero-order valence-electron chi connectivity index (χ0n) is 7.64. The van der Waals surface area contributed by atoms with Crippen molar-refractivity contribution >= 4 is 0 Å². The average Bonchev–Trinajstić information content (AvgIpc) is 1.85. The van der Waals surface area contributed by atoms with Crippen LogP contribution in [0.2, 0.25) is 0 Å². The molecular formula is C9H20N2. The predicted molar refractivity (Wildman–Crippen MR) is 47.9 cm³/mol. The molecule has 3 N–H and O–H groups in total. The van der Waals surface area contributed by atoms with Crippen LogP contribution < -0.4 is 11.3 Å². The molecule has 0 heterocycles. The van der Waals surface area contributed by atoms with Crippen LogP contribution in [0.25, 0.3) is 0 Å². The second-order valence-corrected chi connectivity index (χ2v) is 4.05. The molecule has 1 unspecified atom stereocenters. The van der Waals surface area contributed by atoms with Crippen LogP contribution in [0.3, 0.4) is 0 Å². The Hall–Kier alpha value is -0.0800. The molecule has 1 fully saturated rings. The number of nitrogens with one attached hydrogen (secondary N) is 1. The minimum Gasteiger partial charge on any atom is -0.271 e. The largest absolute Gasteiger partial charge is 0.271 e. The lowest BCUT2D eigenvalue weighted by atomic mass is 9.79.